The van der Waals surface area contributed by atoms with Gasteiger partial charge in [0.1, 0.15) is 0 Å². The lowest BCUT2D eigenvalue weighted by atomic mass is 9.55. The molecule has 22 heavy (non-hydrogen) atoms. The first-order chi connectivity index (χ1) is 10.4. The van der Waals surface area contributed by atoms with Crippen LogP contribution in [0.25, 0.3) is 0 Å². The predicted molar refractivity (Wildman–Crippen MR) is 97.5 cm³/mol. The third-order valence-corrected chi connectivity index (χ3v) is 6.64. The first-order valence-electron chi connectivity index (χ1n) is 8.81. The molecule has 0 amide bonds. The lowest BCUT2D eigenvalue weighted by Crippen LogP contribution is -2.49. The minimum atomic E-state index is -1.00. The Morgan fingerprint density at radius 1 is 1.14 bits per heavy atom. The Kier molecular flexibility index (Phi) is 5.86. The van der Waals surface area contributed by atoms with Crippen molar-refractivity contribution in [1.82, 2.24) is 0 Å². The summed E-state index contributed by atoms with van der Waals surface area (Å²) in [4.78, 5) is 0. The zero-order valence-corrected chi connectivity index (χ0v) is 15.9. The topological polar surface area (TPSA) is 35.2 Å². The van der Waals surface area contributed by atoms with E-state index in [1.165, 1.54) is 37.7 Å². The van der Waals surface area contributed by atoms with Gasteiger partial charge in [0.2, 0.25) is 0 Å². The molecule has 2 rings (SSSR count). The summed E-state index contributed by atoms with van der Waals surface area (Å²) in [6.45, 7) is 10.1. The van der Waals surface area contributed by atoms with Crippen molar-refractivity contribution in [2.24, 2.45) is 16.6 Å². The van der Waals surface area contributed by atoms with E-state index in [0.29, 0.717) is 0 Å². The average molecular weight is 320 g/mol. The second-order valence-electron chi connectivity index (χ2n) is 7.81. The van der Waals surface area contributed by atoms with Crippen LogP contribution in [0.2, 0.25) is 13.1 Å². The van der Waals surface area contributed by atoms with Gasteiger partial charge < -0.3 is 10.2 Å². The highest BCUT2D eigenvalue weighted by Gasteiger charge is 2.49. The first kappa shape index (κ1) is 17.7. The molecule has 3 heteroatoms. The molecule has 1 aliphatic rings. The molecule has 1 atom stereocenters. The molecule has 0 bridgehead atoms. The Morgan fingerprint density at radius 2 is 1.73 bits per heavy atom. The fourth-order valence-corrected chi connectivity index (χ4v) is 4.59. The van der Waals surface area contributed by atoms with Crippen molar-refractivity contribution in [1.29, 1.82) is 0 Å². The highest BCUT2D eigenvalue weighted by Crippen LogP contribution is 2.54. The Labute approximate surface area is 138 Å². The van der Waals surface area contributed by atoms with Gasteiger partial charge in [-0.05, 0) is 42.3 Å². The molecule has 1 aliphatic carbocycles. The number of nitrogens with two attached hydrogens (primary N) is 1. The number of hydrogen-bond acceptors (Lipinski definition) is 2. The van der Waals surface area contributed by atoms with Crippen LogP contribution in [0.4, 0.5) is 0 Å². The van der Waals surface area contributed by atoms with Gasteiger partial charge in [-0.25, -0.2) is 0 Å². The molecule has 0 aliphatic heterocycles. The molecule has 0 aromatic heterocycles. The van der Waals surface area contributed by atoms with Gasteiger partial charge in [0.15, 0.2) is 9.04 Å². The minimum absolute atomic E-state index is 0.0397. The maximum Gasteiger partial charge on any atom is 0.170 e. The molecule has 0 saturated heterocycles. The minimum Gasteiger partial charge on any atom is -0.420 e. The van der Waals surface area contributed by atoms with Gasteiger partial charge in [-0.15, -0.1) is 0 Å². The van der Waals surface area contributed by atoms with Crippen LogP contribution in [0.3, 0.4) is 0 Å². The molecule has 1 unspecified atom stereocenters. The molecular formula is C19H33NOSi. The zero-order chi connectivity index (χ0) is 16.2. The van der Waals surface area contributed by atoms with Gasteiger partial charge in [0, 0.05) is 12.6 Å². The standard InChI is InChI=1S/C19H33NOSi/c1-18(2,17(20)16-11-7-5-8-12-16)19(15-21-22(3)4)13-9-6-10-14-19/h5,7-8,11-12,17,22H,6,9-10,13-15,20H2,1-4H3. The van der Waals surface area contributed by atoms with E-state index in [0.717, 1.165) is 6.61 Å². The fourth-order valence-electron chi connectivity index (χ4n) is 3.94. The quantitative estimate of drug-likeness (QED) is 0.774. The van der Waals surface area contributed by atoms with Crippen molar-refractivity contribution in [3.05, 3.63) is 35.9 Å². The third kappa shape index (κ3) is 3.64. The second kappa shape index (κ2) is 7.29. The van der Waals surface area contributed by atoms with E-state index in [1.54, 1.807) is 0 Å². The lowest BCUT2D eigenvalue weighted by molar-refractivity contribution is -0.0365. The summed E-state index contributed by atoms with van der Waals surface area (Å²) >= 11 is 0. The van der Waals surface area contributed by atoms with E-state index in [9.17, 15) is 0 Å². The summed E-state index contributed by atoms with van der Waals surface area (Å²) in [5, 5.41) is 0. The van der Waals surface area contributed by atoms with Gasteiger partial charge in [-0.1, -0.05) is 63.4 Å². The second-order valence-corrected chi connectivity index (χ2v) is 10.2. The van der Waals surface area contributed by atoms with Gasteiger partial charge in [-0.2, -0.15) is 0 Å². The average Bonchev–Trinajstić information content (AvgIpc) is 2.53. The molecule has 124 valence electrons. The molecule has 1 saturated carbocycles. The Hall–Kier alpha value is -0.643. The largest absolute Gasteiger partial charge is 0.420 e. The van der Waals surface area contributed by atoms with E-state index < -0.39 is 9.04 Å². The summed E-state index contributed by atoms with van der Waals surface area (Å²) in [7, 11) is -1.00. The fraction of sp³-hybridized carbons (Fsp3) is 0.684. The molecular weight excluding hydrogens is 286 g/mol. The highest BCUT2D eigenvalue weighted by molar-refractivity contribution is 6.48. The monoisotopic (exact) mass is 319 g/mol. The number of hydrogen-bond donors (Lipinski definition) is 1. The van der Waals surface area contributed by atoms with E-state index in [-0.39, 0.29) is 16.9 Å². The summed E-state index contributed by atoms with van der Waals surface area (Å²) < 4.78 is 6.24. The number of benzene rings is 1. The summed E-state index contributed by atoms with van der Waals surface area (Å²) in [5.74, 6) is 0. The van der Waals surface area contributed by atoms with Crippen molar-refractivity contribution in [2.75, 3.05) is 6.61 Å². The van der Waals surface area contributed by atoms with Gasteiger partial charge in [0.25, 0.3) is 0 Å². The Bertz CT molecular complexity index is 452. The third-order valence-electron chi connectivity index (χ3n) is 5.81. The molecule has 1 aromatic rings. The van der Waals surface area contributed by atoms with E-state index in [1.807, 2.05) is 0 Å². The zero-order valence-electron chi connectivity index (χ0n) is 14.8. The van der Waals surface area contributed by atoms with Crippen LogP contribution in [-0.4, -0.2) is 15.6 Å². The summed E-state index contributed by atoms with van der Waals surface area (Å²) in [6.07, 6.45) is 6.49. The molecule has 1 fully saturated rings. The van der Waals surface area contributed by atoms with Crippen molar-refractivity contribution < 1.29 is 4.43 Å². The molecule has 0 spiro atoms. The van der Waals surface area contributed by atoms with Crippen LogP contribution in [0.5, 0.6) is 0 Å². The number of rotatable bonds is 6. The van der Waals surface area contributed by atoms with Gasteiger partial charge in [-0.3, -0.25) is 0 Å². The summed E-state index contributed by atoms with van der Waals surface area (Å²) in [5.41, 5.74) is 8.26. The van der Waals surface area contributed by atoms with Gasteiger partial charge >= 0.3 is 0 Å². The smallest absolute Gasteiger partial charge is 0.170 e. The molecule has 2 nitrogen and oxygen atoms in total. The van der Waals surface area contributed by atoms with Crippen molar-refractivity contribution in [2.45, 2.75) is 65.1 Å². The van der Waals surface area contributed by atoms with Crippen LogP contribution in [0.15, 0.2) is 30.3 Å². The van der Waals surface area contributed by atoms with Crippen molar-refractivity contribution >= 4 is 9.04 Å². The Balaban J connectivity index is 2.27. The molecule has 2 N–H and O–H groups in total. The van der Waals surface area contributed by atoms with Crippen LogP contribution < -0.4 is 5.73 Å². The highest BCUT2D eigenvalue weighted by atomic mass is 28.3. The van der Waals surface area contributed by atoms with Crippen LogP contribution >= 0.6 is 0 Å². The van der Waals surface area contributed by atoms with Crippen molar-refractivity contribution in [3.8, 4) is 0 Å². The first-order valence-corrected chi connectivity index (χ1v) is 11.6. The van der Waals surface area contributed by atoms with Crippen molar-refractivity contribution in [3.63, 3.8) is 0 Å². The van der Waals surface area contributed by atoms with Gasteiger partial charge in [0.05, 0.1) is 0 Å². The lowest BCUT2D eigenvalue weighted by Gasteiger charge is -2.52. The maximum absolute atomic E-state index is 6.75. The van der Waals surface area contributed by atoms with Crippen LogP contribution in [0, 0.1) is 10.8 Å². The van der Waals surface area contributed by atoms with E-state index in [4.69, 9.17) is 10.2 Å². The molecule has 0 heterocycles. The predicted octanol–water partition coefficient (Wildman–Crippen LogP) is 4.66. The normalized spacial score (nSPS) is 20.1. The van der Waals surface area contributed by atoms with Crippen LogP contribution in [0.1, 0.15) is 57.6 Å². The van der Waals surface area contributed by atoms with E-state index >= 15 is 0 Å². The van der Waals surface area contributed by atoms with E-state index in [2.05, 4.69) is 57.3 Å². The Morgan fingerprint density at radius 3 is 2.27 bits per heavy atom. The molecule has 0 radical (unpaired) electrons. The SMILES string of the molecule is C[SiH](C)OCC1(C(C)(C)C(N)c2ccccc2)CCCCC1. The van der Waals surface area contributed by atoms with Crippen LogP contribution in [-0.2, 0) is 4.43 Å². The molecule has 1 aromatic carbocycles. The summed E-state index contributed by atoms with van der Waals surface area (Å²) in [6, 6.07) is 10.6. The maximum atomic E-state index is 6.75.